The molecule has 0 amide bonds. The van der Waals surface area contributed by atoms with Crippen molar-refractivity contribution in [2.45, 2.75) is 33.1 Å². The zero-order valence-corrected chi connectivity index (χ0v) is 14.8. The SMILES string of the molecule is COc1cc(C)c2[nH]c(-c3cccc(C)c3)c(CCCCN)c2c1. The normalized spacial score (nSPS) is 11.2. The minimum absolute atomic E-state index is 0.741. The molecule has 24 heavy (non-hydrogen) atoms. The summed E-state index contributed by atoms with van der Waals surface area (Å²) in [6, 6.07) is 12.9. The summed E-state index contributed by atoms with van der Waals surface area (Å²) in [5.74, 6) is 0.912. The minimum atomic E-state index is 0.741. The molecule has 3 nitrogen and oxygen atoms in total. The highest BCUT2D eigenvalue weighted by Gasteiger charge is 2.15. The first-order valence-corrected chi connectivity index (χ1v) is 8.60. The van der Waals surface area contributed by atoms with Gasteiger partial charge in [0.2, 0.25) is 0 Å². The summed E-state index contributed by atoms with van der Waals surface area (Å²) in [4.78, 5) is 3.67. The van der Waals surface area contributed by atoms with Crippen molar-refractivity contribution >= 4 is 10.9 Å². The van der Waals surface area contributed by atoms with Crippen molar-refractivity contribution < 1.29 is 4.74 Å². The van der Waals surface area contributed by atoms with Gasteiger partial charge in [0, 0.05) is 16.6 Å². The molecule has 0 saturated carbocycles. The highest BCUT2D eigenvalue weighted by atomic mass is 16.5. The van der Waals surface area contributed by atoms with Crippen LogP contribution in [0, 0.1) is 13.8 Å². The lowest BCUT2D eigenvalue weighted by Crippen LogP contribution is -1.99. The maximum absolute atomic E-state index is 5.69. The molecule has 3 N–H and O–H groups in total. The maximum atomic E-state index is 5.69. The van der Waals surface area contributed by atoms with Crippen LogP contribution in [0.2, 0.25) is 0 Å². The quantitative estimate of drug-likeness (QED) is 0.644. The molecule has 0 aliphatic heterocycles. The van der Waals surface area contributed by atoms with E-state index in [1.807, 2.05) is 0 Å². The second kappa shape index (κ2) is 7.10. The molecule has 0 fully saturated rings. The van der Waals surface area contributed by atoms with Gasteiger partial charge in [-0.3, -0.25) is 0 Å². The Morgan fingerprint density at radius 3 is 2.62 bits per heavy atom. The first-order valence-electron chi connectivity index (χ1n) is 8.60. The lowest BCUT2D eigenvalue weighted by Gasteiger charge is -2.07. The van der Waals surface area contributed by atoms with Gasteiger partial charge in [0.25, 0.3) is 0 Å². The van der Waals surface area contributed by atoms with Crippen molar-refractivity contribution in [3.05, 3.63) is 53.1 Å². The Morgan fingerprint density at radius 2 is 1.92 bits per heavy atom. The first kappa shape index (κ1) is 16.6. The van der Waals surface area contributed by atoms with Crippen molar-refractivity contribution in [2.75, 3.05) is 13.7 Å². The summed E-state index contributed by atoms with van der Waals surface area (Å²) < 4.78 is 5.48. The lowest BCUT2D eigenvalue weighted by molar-refractivity contribution is 0.415. The van der Waals surface area contributed by atoms with Gasteiger partial charge in [0.05, 0.1) is 7.11 Å². The van der Waals surface area contributed by atoms with Crippen LogP contribution >= 0.6 is 0 Å². The zero-order valence-electron chi connectivity index (χ0n) is 14.8. The fourth-order valence-electron chi connectivity index (χ4n) is 3.36. The molecular formula is C21H26N2O. The summed E-state index contributed by atoms with van der Waals surface area (Å²) in [7, 11) is 1.73. The van der Waals surface area contributed by atoms with Crippen molar-refractivity contribution in [3.63, 3.8) is 0 Å². The standard InChI is InChI=1S/C21H26N2O/c1-14-7-6-8-16(11-14)21-18(9-4-5-10-22)19-13-17(24-3)12-15(2)20(19)23-21/h6-8,11-13,23H,4-5,9-10,22H2,1-3H3. The van der Waals surface area contributed by atoms with Crippen LogP contribution in [0.25, 0.3) is 22.2 Å². The van der Waals surface area contributed by atoms with Crippen LogP contribution in [-0.2, 0) is 6.42 Å². The number of aryl methyl sites for hydroxylation is 3. The molecule has 0 saturated heterocycles. The molecule has 0 radical (unpaired) electrons. The smallest absolute Gasteiger partial charge is 0.119 e. The third kappa shape index (κ3) is 3.17. The van der Waals surface area contributed by atoms with Gasteiger partial charge in [-0.15, -0.1) is 0 Å². The van der Waals surface area contributed by atoms with E-state index >= 15 is 0 Å². The Morgan fingerprint density at radius 1 is 1.08 bits per heavy atom. The number of H-pyrrole nitrogens is 1. The summed E-state index contributed by atoms with van der Waals surface area (Å²) in [6.45, 7) is 5.00. The van der Waals surface area contributed by atoms with Crippen LogP contribution in [0.4, 0.5) is 0 Å². The molecule has 2 aromatic carbocycles. The molecular weight excluding hydrogens is 296 g/mol. The molecule has 0 aliphatic rings. The molecule has 126 valence electrons. The number of aromatic amines is 1. The number of unbranched alkanes of at least 4 members (excludes halogenated alkanes) is 1. The predicted molar refractivity (Wildman–Crippen MR) is 102 cm³/mol. The summed E-state index contributed by atoms with van der Waals surface area (Å²) in [5, 5.41) is 1.26. The Hall–Kier alpha value is -2.26. The van der Waals surface area contributed by atoms with E-state index in [9.17, 15) is 0 Å². The van der Waals surface area contributed by atoms with Crippen LogP contribution in [0.1, 0.15) is 29.5 Å². The van der Waals surface area contributed by atoms with Crippen LogP contribution in [-0.4, -0.2) is 18.6 Å². The van der Waals surface area contributed by atoms with Crippen LogP contribution in [0.3, 0.4) is 0 Å². The molecule has 0 unspecified atom stereocenters. The number of hydrogen-bond donors (Lipinski definition) is 2. The number of fused-ring (bicyclic) bond motifs is 1. The Balaban J connectivity index is 2.19. The van der Waals surface area contributed by atoms with E-state index in [1.54, 1.807) is 7.11 Å². The largest absolute Gasteiger partial charge is 0.497 e. The molecule has 0 spiro atoms. The van der Waals surface area contributed by atoms with Gasteiger partial charge in [-0.25, -0.2) is 0 Å². The van der Waals surface area contributed by atoms with Gasteiger partial charge in [-0.2, -0.15) is 0 Å². The monoisotopic (exact) mass is 322 g/mol. The van der Waals surface area contributed by atoms with E-state index in [4.69, 9.17) is 10.5 Å². The van der Waals surface area contributed by atoms with Gasteiger partial charge >= 0.3 is 0 Å². The Labute approximate surface area is 143 Å². The maximum Gasteiger partial charge on any atom is 0.119 e. The van der Waals surface area contributed by atoms with Gasteiger partial charge in [0.15, 0.2) is 0 Å². The lowest BCUT2D eigenvalue weighted by atomic mass is 9.98. The molecule has 3 aromatic rings. The van der Waals surface area contributed by atoms with Gasteiger partial charge in [0.1, 0.15) is 5.75 Å². The van der Waals surface area contributed by atoms with Crippen molar-refractivity contribution in [1.82, 2.24) is 4.98 Å². The average molecular weight is 322 g/mol. The second-order valence-corrected chi connectivity index (χ2v) is 6.46. The minimum Gasteiger partial charge on any atom is -0.497 e. The van der Waals surface area contributed by atoms with Gasteiger partial charge in [-0.05, 0) is 74.5 Å². The Kier molecular flexibility index (Phi) is 4.91. The number of ether oxygens (including phenoxy) is 1. The number of nitrogens with one attached hydrogen (secondary N) is 1. The van der Waals surface area contributed by atoms with Crippen molar-refractivity contribution in [2.24, 2.45) is 5.73 Å². The Bertz CT molecular complexity index is 848. The highest BCUT2D eigenvalue weighted by Crippen LogP contribution is 2.35. The zero-order chi connectivity index (χ0) is 17.1. The predicted octanol–water partition coefficient (Wildman–Crippen LogP) is 4.74. The second-order valence-electron chi connectivity index (χ2n) is 6.46. The topological polar surface area (TPSA) is 51.0 Å². The van der Waals surface area contributed by atoms with E-state index in [1.165, 1.54) is 38.9 Å². The van der Waals surface area contributed by atoms with Gasteiger partial charge in [-0.1, -0.05) is 23.8 Å². The third-order valence-electron chi connectivity index (χ3n) is 4.61. The van der Waals surface area contributed by atoms with E-state index < -0.39 is 0 Å². The highest BCUT2D eigenvalue weighted by molar-refractivity contribution is 5.93. The molecule has 3 heteroatoms. The summed E-state index contributed by atoms with van der Waals surface area (Å²) in [5.41, 5.74) is 13.2. The molecule has 0 aliphatic carbocycles. The van der Waals surface area contributed by atoms with Crippen molar-refractivity contribution in [1.29, 1.82) is 0 Å². The number of benzene rings is 2. The molecule has 1 heterocycles. The number of methoxy groups -OCH3 is 1. The number of nitrogens with two attached hydrogens (primary N) is 1. The van der Waals surface area contributed by atoms with Crippen molar-refractivity contribution in [3.8, 4) is 17.0 Å². The van der Waals surface area contributed by atoms with E-state index in [2.05, 4.69) is 55.2 Å². The van der Waals surface area contributed by atoms with E-state index in [0.29, 0.717) is 0 Å². The first-order chi connectivity index (χ1) is 11.6. The van der Waals surface area contributed by atoms with E-state index in [-0.39, 0.29) is 0 Å². The fourth-order valence-corrected chi connectivity index (χ4v) is 3.36. The van der Waals surface area contributed by atoms with E-state index in [0.717, 1.165) is 31.6 Å². The number of rotatable bonds is 6. The van der Waals surface area contributed by atoms with Crippen LogP contribution < -0.4 is 10.5 Å². The summed E-state index contributed by atoms with van der Waals surface area (Å²) in [6.07, 6.45) is 3.16. The fraction of sp³-hybridized carbons (Fsp3) is 0.333. The molecule has 0 bridgehead atoms. The van der Waals surface area contributed by atoms with Crippen LogP contribution in [0.5, 0.6) is 5.75 Å². The average Bonchev–Trinajstić information content (AvgIpc) is 2.94. The van der Waals surface area contributed by atoms with Gasteiger partial charge < -0.3 is 15.5 Å². The molecule has 1 aromatic heterocycles. The number of aromatic nitrogens is 1. The number of hydrogen-bond acceptors (Lipinski definition) is 2. The molecule has 0 atom stereocenters. The summed E-state index contributed by atoms with van der Waals surface area (Å²) >= 11 is 0. The third-order valence-corrected chi connectivity index (χ3v) is 4.61. The van der Waals surface area contributed by atoms with Crippen LogP contribution in [0.15, 0.2) is 36.4 Å². The molecule has 3 rings (SSSR count).